The van der Waals surface area contributed by atoms with E-state index in [1.807, 2.05) is 16.8 Å². The first-order chi connectivity index (χ1) is 11.3. The highest BCUT2D eigenvalue weighted by molar-refractivity contribution is 5.78. The molecule has 2 heterocycles. The first-order valence-electron chi connectivity index (χ1n) is 8.31. The molecule has 1 aliphatic heterocycles. The summed E-state index contributed by atoms with van der Waals surface area (Å²) in [6.45, 7) is 4.29. The lowest BCUT2D eigenvalue weighted by Crippen LogP contribution is -2.43. The fourth-order valence-corrected chi connectivity index (χ4v) is 3.13. The van der Waals surface area contributed by atoms with Crippen molar-refractivity contribution in [3.05, 3.63) is 54.6 Å². The molecular formula is C18H24N4O. The number of piperidine rings is 1. The molecule has 122 valence electrons. The van der Waals surface area contributed by atoms with Gasteiger partial charge in [0.05, 0.1) is 12.2 Å². The molecule has 5 heteroatoms. The highest BCUT2D eigenvalue weighted by Gasteiger charge is 2.25. The second-order valence-electron chi connectivity index (χ2n) is 6.15. The average Bonchev–Trinajstić information content (AvgIpc) is 3.09. The zero-order chi connectivity index (χ0) is 15.9. The van der Waals surface area contributed by atoms with Crippen molar-refractivity contribution >= 4 is 5.91 Å². The van der Waals surface area contributed by atoms with E-state index in [0.29, 0.717) is 6.54 Å². The monoisotopic (exact) mass is 312 g/mol. The van der Waals surface area contributed by atoms with Crippen molar-refractivity contribution in [3.8, 4) is 0 Å². The van der Waals surface area contributed by atoms with Crippen LogP contribution in [0.4, 0.5) is 0 Å². The fourth-order valence-electron chi connectivity index (χ4n) is 3.13. The van der Waals surface area contributed by atoms with Gasteiger partial charge in [0.2, 0.25) is 5.91 Å². The van der Waals surface area contributed by atoms with Crippen LogP contribution in [0.15, 0.2) is 49.1 Å². The van der Waals surface area contributed by atoms with E-state index in [9.17, 15) is 4.79 Å². The second-order valence-corrected chi connectivity index (χ2v) is 6.15. The molecule has 5 nitrogen and oxygen atoms in total. The fraction of sp³-hybridized carbons (Fsp3) is 0.444. The van der Waals surface area contributed by atoms with Gasteiger partial charge in [-0.1, -0.05) is 30.3 Å². The van der Waals surface area contributed by atoms with Crippen molar-refractivity contribution in [3.63, 3.8) is 0 Å². The largest absolute Gasteiger partial charge is 0.354 e. The molecule has 0 aliphatic carbocycles. The molecule has 0 spiro atoms. The van der Waals surface area contributed by atoms with Gasteiger partial charge in [0.15, 0.2) is 0 Å². The summed E-state index contributed by atoms with van der Waals surface area (Å²) in [5.74, 6) is 0.290. The first kappa shape index (κ1) is 15.7. The third-order valence-corrected chi connectivity index (χ3v) is 4.35. The molecule has 2 aromatic rings. The summed E-state index contributed by atoms with van der Waals surface area (Å²) in [5, 5.41) is 3.06. The van der Waals surface area contributed by atoms with Crippen LogP contribution in [0, 0.1) is 5.92 Å². The van der Waals surface area contributed by atoms with E-state index < -0.39 is 0 Å². The van der Waals surface area contributed by atoms with Gasteiger partial charge in [-0.15, -0.1) is 0 Å². The molecule has 1 unspecified atom stereocenters. The molecule has 0 saturated carbocycles. The molecular weight excluding hydrogens is 288 g/mol. The smallest absolute Gasteiger partial charge is 0.224 e. The zero-order valence-corrected chi connectivity index (χ0v) is 13.4. The topological polar surface area (TPSA) is 50.2 Å². The molecule has 1 saturated heterocycles. The Kier molecular flexibility index (Phi) is 5.42. The van der Waals surface area contributed by atoms with Gasteiger partial charge in [0.1, 0.15) is 0 Å². The minimum Gasteiger partial charge on any atom is -0.354 e. The van der Waals surface area contributed by atoms with E-state index in [4.69, 9.17) is 0 Å². The van der Waals surface area contributed by atoms with Crippen molar-refractivity contribution < 1.29 is 4.79 Å². The summed E-state index contributed by atoms with van der Waals surface area (Å²) in [6.07, 6.45) is 7.52. The lowest BCUT2D eigenvalue weighted by atomic mass is 9.96. The lowest BCUT2D eigenvalue weighted by molar-refractivity contribution is -0.126. The van der Waals surface area contributed by atoms with Crippen LogP contribution in [0.5, 0.6) is 0 Å². The van der Waals surface area contributed by atoms with Crippen molar-refractivity contribution in [2.24, 2.45) is 5.92 Å². The molecule has 1 N–H and O–H groups in total. The Morgan fingerprint density at radius 1 is 1.30 bits per heavy atom. The molecule has 3 rings (SSSR count). The Hall–Kier alpha value is -2.14. The summed E-state index contributed by atoms with van der Waals surface area (Å²) in [4.78, 5) is 18.8. The van der Waals surface area contributed by atoms with Gasteiger partial charge in [0, 0.05) is 38.6 Å². The van der Waals surface area contributed by atoms with Gasteiger partial charge in [-0.3, -0.25) is 9.69 Å². The Balaban J connectivity index is 1.44. The van der Waals surface area contributed by atoms with Crippen molar-refractivity contribution in [2.75, 3.05) is 19.6 Å². The SMILES string of the molecule is O=C(NCCn1ccnc1)C1CCCN(Cc2ccccc2)C1. The average molecular weight is 312 g/mol. The van der Waals surface area contributed by atoms with Crippen LogP contribution in [-0.2, 0) is 17.9 Å². The normalized spacial score (nSPS) is 18.7. The number of nitrogens with one attached hydrogen (secondary N) is 1. The molecule has 1 amide bonds. The molecule has 0 bridgehead atoms. The predicted molar refractivity (Wildman–Crippen MR) is 89.7 cm³/mol. The van der Waals surface area contributed by atoms with Gasteiger partial charge in [-0.2, -0.15) is 0 Å². The summed E-state index contributed by atoms with van der Waals surface area (Å²) >= 11 is 0. The number of amides is 1. The number of benzene rings is 1. The number of nitrogens with zero attached hydrogens (tertiary/aromatic N) is 3. The maximum absolute atomic E-state index is 12.4. The van der Waals surface area contributed by atoms with Gasteiger partial charge in [-0.05, 0) is 24.9 Å². The first-order valence-corrected chi connectivity index (χ1v) is 8.31. The summed E-state index contributed by atoms with van der Waals surface area (Å²) in [6, 6.07) is 10.5. The van der Waals surface area contributed by atoms with Gasteiger partial charge < -0.3 is 9.88 Å². The quantitative estimate of drug-likeness (QED) is 0.886. The molecule has 23 heavy (non-hydrogen) atoms. The molecule has 1 aliphatic rings. The van der Waals surface area contributed by atoms with E-state index in [1.54, 1.807) is 12.5 Å². The zero-order valence-electron chi connectivity index (χ0n) is 13.4. The minimum absolute atomic E-state index is 0.107. The second kappa shape index (κ2) is 7.92. The molecule has 1 atom stereocenters. The third-order valence-electron chi connectivity index (χ3n) is 4.35. The standard InChI is InChI=1S/C18H24N4O/c23-18(20-9-12-21-11-8-19-15-21)17-7-4-10-22(14-17)13-16-5-2-1-3-6-16/h1-3,5-6,8,11,15,17H,4,7,9-10,12-14H2,(H,20,23). The van der Waals surface area contributed by atoms with E-state index in [2.05, 4.69) is 39.5 Å². The lowest BCUT2D eigenvalue weighted by Gasteiger charge is -2.32. The van der Waals surface area contributed by atoms with Crippen LogP contribution in [0.25, 0.3) is 0 Å². The highest BCUT2D eigenvalue weighted by atomic mass is 16.1. The van der Waals surface area contributed by atoms with Gasteiger partial charge >= 0.3 is 0 Å². The Bertz CT molecular complexity index is 597. The number of imidazole rings is 1. The van der Waals surface area contributed by atoms with E-state index in [0.717, 1.165) is 39.0 Å². The predicted octanol–water partition coefficient (Wildman–Crippen LogP) is 1.91. The molecule has 1 fully saturated rings. The minimum atomic E-state index is 0.107. The van der Waals surface area contributed by atoms with E-state index in [-0.39, 0.29) is 11.8 Å². The highest BCUT2D eigenvalue weighted by Crippen LogP contribution is 2.18. The van der Waals surface area contributed by atoms with Crippen molar-refractivity contribution in [2.45, 2.75) is 25.9 Å². The maximum Gasteiger partial charge on any atom is 0.224 e. The number of aromatic nitrogens is 2. The van der Waals surface area contributed by atoms with E-state index in [1.165, 1.54) is 5.56 Å². The van der Waals surface area contributed by atoms with Crippen LogP contribution in [0.1, 0.15) is 18.4 Å². The van der Waals surface area contributed by atoms with Crippen LogP contribution in [0.3, 0.4) is 0 Å². The van der Waals surface area contributed by atoms with Crippen molar-refractivity contribution in [1.29, 1.82) is 0 Å². The number of hydrogen-bond donors (Lipinski definition) is 1. The Labute approximate surface area is 137 Å². The molecule has 0 radical (unpaired) electrons. The van der Waals surface area contributed by atoms with Crippen LogP contribution < -0.4 is 5.32 Å². The maximum atomic E-state index is 12.4. The third kappa shape index (κ3) is 4.66. The van der Waals surface area contributed by atoms with Gasteiger partial charge in [-0.25, -0.2) is 4.98 Å². The summed E-state index contributed by atoms with van der Waals surface area (Å²) in [5.41, 5.74) is 1.31. The van der Waals surface area contributed by atoms with Crippen molar-refractivity contribution in [1.82, 2.24) is 19.8 Å². The number of hydrogen-bond acceptors (Lipinski definition) is 3. The van der Waals surface area contributed by atoms with E-state index >= 15 is 0 Å². The van der Waals surface area contributed by atoms with Crippen LogP contribution >= 0.6 is 0 Å². The Morgan fingerprint density at radius 3 is 2.96 bits per heavy atom. The summed E-state index contributed by atoms with van der Waals surface area (Å²) in [7, 11) is 0. The summed E-state index contributed by atoms with van der Waals surface area (Å²) < 4.78 is 1.98. The van der Waals surface area contributed by atoms with Crippen LogP contribution in [-0.4, -0.2) is 40.0 Å². The Morgan fingerprint density at radius 2 is 2.17 bits per heavy atom. The van der Waals surface area contributed by atoms with Crippen LogP contribution in [0.2, 0.25) is 0 Å². The number of carbonyl (C=O) groups is 1. The number of rotatable bonds is 6. The van der Waals surface area contributed by atoms with Gasteiger partial charge in [0.25, 0.3) is 0 Å². The number of likely N-dealkylation sites (tertiary alicyclic amines) is 1. The molecule has 1 aromatic heterocycles. The number of carbonyl (C=O) groups excluding carboxylic acids is 1. The molecule has 1 aromatic carbocycles.